The molecule has 3 N–H and O–H groups in total. The van der Waals surface area contributed by atoms with E-state index in [1.54, 1.807) is 62.1 Å². The number of rotatable bonds is 12. The van der Waals surface area contributed by atoms with Crippen LogP contribution in [0.5, 0.6) is 5.75 Å². The lowest BCUT2D eigenvalue weighted by Crippen LogP contribution is -2.76. The molecule has 2 aliphatic heterocycles. The summed E-state index contributed by atoms with van der Waals surface area (Å²) < 4.78 is 1.90. The average Bonchev–Trinajstić information content (AvgIpc) is 3.86. The fourth-order valence-electron chi connectivity index (χ4n) is 7.93. The maximum atomic E-state index is 14.6. The number of aromatic hydroxyl groups is 1. The van der Waals surface area contributed by atoms with E-state index in [1.165, 1.54) is 0 Å². The molecule has 0 spiro atoms. The molecule has 0 unspecified atom stereocenters. The Hall–Kier alpha value is -5.66. The van der Waals surface area contributed by atoms with Crippen molar-refractivity contribution in [3.8, 4) is 5.75 Å². The predicted molar refractivity (Wildman–Crippen MR) is 203 cm³/mol. The number of hydrogen-bond donors (Lipinski definition) is 3. The number of aliphatic hydroxyl groups is 1. The van der Waals surface area contributed by atoms with Crippen molar-refractivity contribution in [2.24, 2.45) is 12.5 Å². The molecule has 0 radical (unpaired) electrons. The SMILES string of the molecule is C=CCN1CC(=O)N2[C@@H](Cc3ccc(O)cc3)C(=O)N(Cc3cccc4c(C(=O)N(C)CC5(CO)CC5)cn(C)c34)C[C@@H]2N1C(=O)NCc1ccccc1. The van der Waals surface area contributed by atoms with Crippen molar-refractivity contribution in [3.63, 3.8) is 0 Å². The molecule has 13 heteroatoms. The summed E-state index contributed by atoms with van der Waals surface area (Å²) >= 11 is 0. The number of aliphatic hydroxyl groups excluding tert-OH is 1. The molecule has 13 nitrogen and oxygen atoms in total. The van der Waals surface area contributed by atoms with E-state index in [0.717, 1.165) is 40.4 Å². The lowest BCUT2D eigenvalue weighted by atomic mass is 9.98. The van der Waals surface area contributed by atoms with E-state index in [2.05, 4.69) is 11.9 Å². The minimum Gasteiger partial charge on any atom is -0.508 e. The second-order valence-electron chi connectivity index (χ2n) is 14.8. The van der Waals surface area contributed by atoms with E-state index in [-0.39, 0.29) is 74.6 Å². The first-order chi connectivity index (χ1) is 26.0. The minimum atomic E-state index is -0.934. The van der Waals surface area contributed by atoms with Gasteiger partial charge in [-0.25, -0.2) is 14.8 Å². The van der Waals surface area contributed by atoms with Crippen molar-refractivity contribution in [3.05, 3.63) is 114 Å². The summed E-state index contributed by atoms with van der Waals surface area (Å²) in [6.45, 7) is 4.98. The van der Waals surface area contributed by atoms with Crippen LogP contribution in [0.2, 0.25) is 0 Å². The third-order valence-corrected chi connectivity index (χ3v) is 10.9. The number of fused-ring (bicyclic) bond motifs is 2. The first-order valence-electron chi connectivity index (χ1n) is 18.3. The Labute approximate surface area is 314 Å². The molecule has 3 heterocycles. The molecule has 54 heavy (non-hydrogen) atoms. The molecule has 1 saturated carbocycles. The highest BCUT2D eigenvalue weighted by atomic mass is 16.3. The maximum absolute atomic E-state index is 14.6. The van der Waals surface area contributed by atoms with Gasteiger partial charge < -0.3 is 34.8 Å². The van der Waals surface area contributed by atoms with Gasteiger partial charge in [-0.1, -0.05) is 66.7 Å². The van der Waals surface area contributed by atoms with E-state index in [1.807, 2.05) is 66.3 Å². The summed E-state index contributed by atoms with van der Waals surface area (Å²) in [4.78, 5) is 61.4. The number of hydrazine groups is 1. The Kier molecular flexibility index (Phi) is 10.2. The zero-order valence-corrected chi connectivity index (χ0v) is 30.7. The Balaban J connectivity index is 1.23. The van der Waals surface area contributed by atoms with Gasteiger partial charge in [-0.3, -0.25) is 14.4 Å². The second kappa shape index (κ2) is 15.0. The quantitative estimate of drug-likeness (QED) is 0.190. The summed E-state index contributed by atoms with van der Waals surface area (Å²) in [7, 11) is 3.63. The topological polar surface area (TPSA) is 142 Å². The fourth-order valence-corrected chi connectivity index (χ4v) is 7.93. The number of phenols is 1. The first kappa shape index (κ1) is 36.7. The van der Waals surface area contributed by atoms with Crippen molar-refractivity contribution < 1.29 is 29.4 Å². The predicted octanol–water partition coefficient (Wildman–Crippen LogP) is 3.47. The molecule has 2 saturated heterocycles. The lowest BCUT2D eigenvalue weighted by molar-refractivity contribution is -0.189. The van der Waals surface area contributed by atoms with Crippen LogP contribution in [0.1, 0.15) is 39.9 Å². The molecular weight excluding hydrogens is 686 g/mol. The molecule has 7 rings (SSSR count). The number of para-hydroxylation sites is 1. The molecule has 5 amide bonds. The van der Waals surface area contributed by atoms with Gasteiger partial charge in [0.2, 0.25) is 11.8 Å². The van der Waals surface area contributed by atoms with Crippen LogP contribution in [-0.4, -0.2) is 115 Å². The summed E-state index contributed by atoms with van der Waals surface area (Å²) in [5.74, 6) is -0.604. The number of amides is 5. The van der Waals surface area contributed by atoms with Crippen molar-refractivity contribution >= 4 is 34.7 Å². The highest BCUT2D eigenvalue weighted by molar-refractivity contribution is 6.07. The van der Waals surface area contributed by atoms with Gasteiger partial charge in [0.15, 0.2) is 0 Å². The van der Waals surface area contributed by atoms with Crippen LogP contribution in [0, 0.1) is 5.41 Å². The van der Waals surface area contributed by atoms with Crippen LogP contribution in [0.3, 0.4) is 0 Å². The van der Waals surface area contributed by atoms with Gasteiger partial charge in [0, 0.05) is 63.7 Å². The molecule has 2 atom stereocenters. The number of nitrogens with zero attached hydrogens (tertiary/aromatic N) is 6. The Morgan fingerprint density at radius 3 is 2.44 bits per heavy atom. The summed E-state index contributed by atoms with van der Waals surface area (Å²) in [6, 6.07) is 20.5. The van der Waals surface area contributed by atoms with E-state index >= 15 is 0 Å². The monoisotopic (exact) mass is 733 g/mol. The average molecular weight is 734 g/mol. The normalized spacial score (nSPS) is 19.5. The Bertz CT molecular complexity index is 2060. The maximum Gasteiger partial charge on any atom is 0.334 e. The van der Waals surface area contributed by atoms with Crippen LogP contribution in [0.15, 0.2) is 91.6 Å². The lowest BCUT2D eigenvalue weighted by Gasteiger charge is -2.55. The molecular formula is C41H47N7O6. The third-order valence-electron chi connectivity index (χ3n) is 10.9. The van der Waals surface area contributed by atoms with Crippen LogP contribution >= 0.6 is 0 Å². The highest BCUT2D eigenvalue weighted by Crippen LogP contribution is 2.45. The van der Waals surface area contributed by atoms with E-state index in [4.69, 9.17) is 0 Å². The molecule has 0 bridgehead atoms. The molecule has 3 fully saturated rings. The summed E-state index contributed by atoms with van der Waals surface area (Å²) in [5, 5.41) is 26.8. The number of aryl methyl sites for hydroxylation is 1. The van der Waals surface area contributed by atoms with Gasteiger partial charge in [-0.15, -0.1) is 6.58 Å². The zero-order chi connectivity index (χ0) is 38.1. The van der Waals surface area contributed by atoms with Crippen LogP contribution < -0.4 is 5.32 Å². The highest BCUT2D eigenvalue weighted by Gasteiger charge is 2.51. The first-order valence-corrected chi connectivity index (χ1v) is 18.3. The number of carbonyl (C=O) groups is 4. The number of phenolic OH excluding ortho intramolecular Hbond substituents is 1. The number of carbonyl (C=O) groups excluding carboxylic acids is 4. The fraction of sp³-hybridized carbons (Fsp3) is 0.366. The summed E-state index contributed by atoms with van der Waals surface area (Å²) in [5.41, 5.74) is 3.57. The number of hydrogen-bond acceptors (Lipinski definition) is 7. The molecule has 1 aliphatic carbocycles. The van der Waals surface area contributed by atoms with Gasteiger partial charge in [-0.05, 0) is 41.7 Å². The van der Waals surface area contributed by atoms with Gasteiger partial charge >= 0.3 is 6.03 Å². The van der Waals surface area contributed by atoms with Crippen molar-refractivity contribution in [2.75, 3.05) is 39.8 Å². The Morgan fingerprint density at radius 1 is 1.02 bits per heavy atom. The third kappa shape index (κ3) is 7.16. The van der Waals surface area contributed by atoms with E-state index in [0.29, 0.717) is 12.1 Å². The van der Waals surface area contributed by atoms with Crippen LogP contribution in [-0.2, 0) is 36.1 Å². The van der Waals surface area contributed by atoms with E-state index < -0.39 is 18.2 Å². The largest absolute Gasteiger partial charge is 0.508 e. The van der Waals surface area contributed by atoms with Crippen molar-refractivity contribution in [1.82, 2.24) is 34.6 Å². The number of aromatic nitrogens is 1. The minimum absolute atomic E-state index is 0.0433. The van der Waals surface area contributed by atoms with Gasteiger partial charge in [0.1, 0.15) is 18.0 Å². The number of piperazine rings is 1. The van der Waals surface area contributed by atoms with Crippen molar-refractivity contribution in [1.29, 1.82) is 0 Å². The smallest absolute Gasteiger partial charge is 0.334 e. The molecule has 3 aliphatic rings. The van der Waals surface area contributed by atoms with Crippen LogP contribution in [0.4, 0.5) is 4.79 Å². The van der Waals surface area contributed by atoms with Gasteiger partial charge in [-0.2, -0.15) is 0 Å². The van der Waals surface area contributed by atoms with Gasteiger partial charge in [0.25, 0.3) is 5.91 Å². The molecule has 3 aromatic carbocycles. The zero-order valence-electron chi connectivity index (χ0n) is 30.7. The van der Waals surface area contributed by atoms with Crippen LogP contribution in [0.25, 0.3) is 10.9 Å². The summed E-state index contributed by atoms with van der Waals surface area (Å²) in [6.07, 6.45) is 4.57. The number of nitrogens with one attached hydrogen (secondary N) is 1. The molecule has 1 aromatic heterocycles. The number of urea groups is 1. The second-order valence-corrected chi connectivity index (χ2v) is 14.8. The standard InChI is InChI=1S/C41H47N7O6/c1-4-19-46-25-36(51)47-34(20-28-13-15-31(50)16-14-28)39(53)45(24-35(47)48(46)40(54)42-21-29-9-6-5-7-10-29)22-30-11-8-12-32-33(23-43(2)37(30)32)38(52)44(3)26-41(27-49)17-18-41/h4-16,23,34-35,49-50H,1,17-22,24-27H2,2-3H3,(H,42,54)/t34-,35-/m0/s1. The molecule has 282 valence electrons. The molecule has 4 aromatic rings. The van der Waals surface area contributed by atoms with Crippen molar-refractivity contribution in [2.45, 2.75) is 44.6 Å². The van der Waals surface area contributed by atoms with Gasteiger partial charge in [0.05, 0.1) is 30.8 Å². The Morgan fingerprint density at radius 2 is 1.76 bits per heavy atom. The number of benzene rings is 3. The van der Waals surface area contributed by atoms with E-state index in [9.17, 15) is 29.4 Å².